The molecule has 4 nitrogen and oxygen atoms in total. The number of ether oxygens (including phenoxy) is 1. The van der Waals surface area contributed by atoms with Gasteiger partial charge in [-0.3, -0.25) is 4.79 Å². The Labute approximate surface area is 145 Å². The van der Waals surface area contributed by atoms with Crippen molar-refractivity contribution in [3.05, 3.63) is 76.4 Å². The van der Waals surface area contributed by atoms with E-state index in [1.165, 1.54) is 0 Å². The third kappa shape index (κ3) is 4.06. The van der Waals surface area contributed by atoms with Crippen LogP contribution < -0.4 is 4.74 Å². The number of carbonyl (C=O) groups excluding carboxylic acids is 1. The summed E-state index contributed by atoms with van der Waals surface area (Å²) in [6.07, 6.45) is 1.93. The van der Waals surface area contributed by atoms with Crippen LogP contribution in [0.3, 0.4) is 0 Å². The minimum Gasteiger partial charge on any atom is -0.496 e. The molecule has 1 aromatic carbocycles. The molecule has 124 valence electrons. The summed E-state index contributed by atoms with van der Waals surface area (Å²) in [5, 5.41) is 2.02. The van der Waals surface area contributed by atoms with Crippen molar-refractivity contribution in [3.63, 3.8) is 0 Å². The molecule has 0 bridgehead atoms. The molecule has 3 rings (SSSR count). The van der Waals surface area contributed by atoms with Crippen LogP contribution in [-0.4, -0.2) is 17.9 Å². The second kappa shape index (κ2) is 7.84. The van der Waals surface area contributed by atoms with E-state index in [2.05, 4.69) is 0 Å². The number of furan rings is 1. The van der Waals surface area contributed by atoms with E-state index in [-0.39, 0.29) is 5.91 Å². The van der Waals surface area contributed by atoms with Crippen molar-refractivity contribution in [1.82, 2.24) is 4.90 Å². The molecule has 3 aromatic rings. The van der Waals surface area contributed by atoms with Gasteiger partial charge in [0.25, 0.3) is 0 Å². The number of rotatable bonds is 7. The van der Waals surface area contributed by atoms with Crippen molar-refractivity contribution in [1.29, 1.82) is 0 Å². The zero-order chi connectivity index (χ0) is 16.8. The molecular weight excluding hydrogens is 322 g/mol. The molecule has 0 N–H and O–H groups in total. The Morgan fingerprint density at radius 1 is 1.12 bits per heavy atom. The van der Waals surface area contributed by atoms with Gasteiger partial charge in [0.15, 0.2) is 0 Å². The number of hydrogen-bond acceptors (Lipinski definition) is 4. The first-order valence-corrected chi connectivity index (χ1v) is 8.58. The molecule has 0 aliphatic rings. The predicted octanol–water partition coefficient (Wildman–Crippen LogP) is 4.12. The number of carbonyl (C=O) groups is 1. The summed E-state index contributed by atoms with van der Waals surface area (Å²) in [7, 11) is 1.62. The molecule has 0 atom stereocenters. The van der Waals surface area contributed by atoms with Crippen LogP contribution in [0.5, 0.6) is 5.75 Å². The van der Waals surface area contributed by atoms with E-state index in [0.717, 1.165) is 22.0 Å². The third-order valence-corrected chi connectivity index (χ3v) is 4.60. The van der Waals surface area contributed by atoms with E-state index < -0.39 is 0 Å². The predicted molar refractivity (Wildman–Crippen MR) is 94.0 cm³/mol. The van der Waals surface area contributed by atoms with E-state index in [0.29, 0.717) is 19.5 Å². The van der Waals surface area contributed by atoms with Crippen LogP contribution in [0.25, 0.3) is 0 Å². The maximum atomic E-state index is 12.9. The summed E-state index contributed by atoms with van der Waals surface area (Å²) in [5.74, 6) is 1.56. The number of nitrogens with zero attached hydrogens (tertiary/aromatic N) is 1. The van der Waals surface area contributed by atoms with Crippen LogP contribution >= 0.6 is 11.3 Å². The van der Waals surface area contributed by atoms with Gasteiger partial charge in [0, 0.05) is 10.4 Å². The molecule has 2 aromatic heterocycles. The Bertz CT molecular complexity index is 730. The maximum absolute atomic E-state index is 12.9. The fraction of sp³-hybridized carbons (Fsp3) is 0.211. The molecular formula is C19H19NO3S. The lowest BCUT2D eigenvalue weighted by atomic mass is 10.1. The Balaban J connectivity index is 1.77. The molecule has 0 aliphatic heterocycles. The fourth-order valence-electron chi connectivity index (χ4n) is 2.54. The zero-order valence-electron chi connectivity index (χ0n) is 13.5. The first kappa shape index (κ1) is 16.3. The van der Waals surface area contributed by atoms with Gasteiger partial charge in [-0.15, -0.1) is 11.3 Å². The van der Waals surface area contributed by atoms with Crippen molar-refractivity contribution in [2.75, 3.05) is 7.11 Å². The number of amides is 1. The van der Waals surface area contributed by atoms with Gasteiger partial charge in [-0.05, 0) is 29.6 Å². The van der Waals surface area contributed by atoms with Crippen LogP contribution in [0.1, 0.15) is 16.2 Å². The quantitative estimate of drug-likeness (QED) is 0.649. The molecule has 0 unspecified atom stereocenters. The first-order chi connectivity index (χ1) is 11.8. The van der Waals surface area contributed by atoms with Gasteiger partial charge in [-0.2, -0.15) is 0 Å². The van der Waals surface area contributed by atoms with Crippen molar-refractivity contribution >= 4 is 17.2 Å². The molecule has 0 spiro atoms. The topological polar surface area (TPSA) is 42.7 Å². The number of thiophene rings is 1. The van der Waals surface area contributed by atoms with Crippen molar-refractivity contribution in [2.45, 2.75) is 19.5 Å². The smallest absolute Gasteiger partial charge is 0.227 e. The summed E-state index contributed by atoms with van der Waals surface area (Å²) in [5.41, 5.74) is 0.889. The number of benzene rings is 1. The summed E-state index contributed by atoms with van der Waals surface area (Å²) in [4.78, 5) is 15.8. The summed E-state index contributed by atoms with van der Waals surface area (Å²) < 4.78 is 10.8. The standard InChI is InChI=1S/C19H19NO3S/c1-22-18-9-3-2-6-15(18)12-19(21)20(13-16-7-4-10-23-16)14-17-8-5-11-24-17/h2-11H,12-14H2,1H3. The van der Waals surface area contributed by atoms with E-state index in [1.807, 2.05) is 58.8 Å². The van der Waals surface area contributed by atoms with E-state index in [4.69, 9.17) is 9.15 Å². The van der Waals surface area contributed by atoms with Gasteiger partial charge in [0.1, 0.15) is 11.5 Å². The van der Waals surface area contributed by atoms with Crippen molar-refractivity contribution in [2.24, 2.45) is 0 Å². The highest BCUT2D eigenvalue weighted by molar-refractivity contribution is 7.09. The van der Waals surface area contributed by atoms with Crippen LogP contribution in [0.2, 0.25) is 0 Å². The van der Waals surface area contributed by atoms with Gasteiger partial charge in [-0.1, -0.05) is 24.3 Å². The average Bonchev–Trinajstić information content (AvgIpc) is 3.28. The summed E-state index contributed by atoms with van der Waals surface area (Å²) >= 11 is 1.65. The minimum atomic E-state index is 0.0456. The van der Waals surface area contributed by atoms with Crippen LogP contribution in [0.4, 0.5) is 0 Å². The van der Waals surface area contributed by atoms with Gasteiger partial charge in [0.2, 0.25) is 5.91 Å². The van der Waals surface area contributed by atoms with Gasteiger partial charge < -0.3 is 14.1 Å². The molecule has 0 fully saturated rings. The molecule has 1 amide bonds. The molecule has 2 heterocycles. The van der Waals surface area contributed by atoms with Gasteiger partial charge in [-0.25, -0.2) is 0 Å². The molecule has 0 saturated heterocycles. The molecule has 0 saturated carbocycles. The lowest BCUT2D eigenvalue weighted by Crippen LogP contribution is -2.31. The summed E-state index contributed by atoms with van der Waals surface area (Å²) in [6, 6.07) is 15.4. The van der Waals surface area contributed by atoms with Gasteiger partial charge in [0.05, 0.1) is 32.9 Å². The van der Waals surface area contributed by atoms with Crippen molar-refractivity contribution in [3.8, 4) is 5.75 Å². The van der Waals surface area contributed by atoms with E-state index in [1.54, 1.807) is 24.7 Å². The third-order valence-electron chi connectivity index (χ3n) is 3.74. The van der Waals surface area contributed by atoms with E-state index in [9.17, 15) is 4.79 Å². The normalized spacial score (nSPS) is 10.5. The minimum absolute atomic E-state index is 0.0456. The van der Waals surface area contributed by atoms with Crippen LogP contribution in [-0.2, 0) is 24.3 Å². The number of hydrogen-bond donors (Lipinski definition) is 0. The molecule has 5 heteroatoms. The SMILES string of the molecule is COc1ccccc1CC(=O)N(Cc1ccco1)Cc1cccs1. The molecule has 0 radical (unpaired) electrons. The fourth-order valence-corrected chi connectivity index (χ4v) is 3.26. The van der Waals surface area contributed by atoms with E-state index >= 15 is 0 Å². The Hall–Kier alpha value is -2.53. The van der Waals surface area contributed by atoms with Crippen molar-refractivity contribution < 1.29 is 13.9 Å². The molecule has 0 aliphatic carbocycles. The highest BCUT2D eigenvalue weighted by Gasteiger charge is 2.18. The molecule has 24 heavy (non-hydrogen) atoms. The lowest BCUT2D eigenvalue weighted by molar-refractivity contribution is -0.132. The van der Waals surface area contributed by atoms with Crippen LogP contribution in [0, 0.1) is 0 Å². The average molecular weight is 341 g/mol. The largest absolute Gasteiger partial charge is 0.496 e. The maximum Gasteiger partial charge on any atom is 0.227 e. The second-order valence-electron chi connectivity index (χ2n) is 5.40. The number of para-hydroxylation sites is 1. The zero-order valence-corrected chi connectivity index (χ0v) is 14.3. The second-order valence-corrected chi connectivity index (χ2v) is 6.43. The highest BCUT2D eigenvalue weighted by Crippen LogP contribution is 2.21. The van der Waals surface area contributed by atoms with Crippen LogP contribution in [0.15, 0.2) is 64.6 Å². The Kier molecular flexibility index (Phi) is 5.33. The Morgan fingerprint density at radius 2 is 2.00 bits per heavy atom. The lowest BCUT2D eigenvalue weighted by Gasteiger charge is -2.21. The van der Waals surface area contributed by atoms with Gasteiger partial charge >= 0.3 is 0 Å². The Morgan fingerprint density at radius 3 is 2.71 bits per heavy atom. The monoisotopic (exact) mass is 341 g/mol. The first-order valence-electron chi connectivity index (χ1n) is 7.70. The summed E-state index contributed by atoms with van der Waals surface area (Å²) in [6.45, 7) is 1.03. The number of methoxy groups -OCH3 is 1. The highest BCUT2D eigenvalue weighted by atomic mass is 32.1.